The van der Waals surface area contributed by atoms with Crippen molar-refractivity contribution in [1.82, 2.24) is 0 Å². The molecule has 0 bridgehead atoms. The predicted molar refractivity (Wildman–Crippen MR) is 92.4 cm³/mol. The second-order valence-electron chi connectivity index (χ2n) is 7.32. The first-order valence-electron chi connectivity index (χ1n) is 8.88. The summed E-state index contributed by atoms with van der Waals surface area (Å²) in [4.78, 5) is 0. The Hall–Kier alpha value is -0.275. The Morgan fingerprint density at radius 1 is 0.857 bits per heavy atom. The highest BCUT2D eigenvalue weighted by atomic mass is 16.7. The third-order valence-corrected chi connectivity index (χ3v) is 4.84. The Labute approximate surface area is 132 Å². The minimum atomic E-state index is -0.231. The summed E-state index contributed by atoms with van der Waals surface area (Å²) in [6.45, 7) is 13.0. The fourth-order valence-corrected chi connectivity index (χ4v) is 2.57. The maximum absolute atomic E-state index is 6.22. The summed E-state index contributed by atoms with van der Waals surface area (Å²) < 4.78 is 12.4. The van der Waals surface area contributed by atoms with Crippen molar-refractivity contribution in [2.45, 2.75) is 104 Å². The van der Waals surface area contributed by atoms with Gasteiger partial charge in [-0.15, -0.1) is 0 Å². The van der Waals surface area contributed by atoms with Gasteiger partial charge in [0, 0.05) is 0 Å². The fraction of sp³-hybridized carbons (Fsp3) is 0.889. The van der Waals surface area contributed by atoms with Crippen LogP contribution in [-0.4, -0.2) is 18.3 Å². The molecule has 1 aliphatic rings. The molecule has 0 atom stereocenters. The molecule has 0 N–H and O–H groups in total. The van der Waals surface area contributed by atoms with E-state index in [2.05, 4.69) is 47.6 Å². The van der Waals surface area contributed by atoms with Gasteiger partial charge in [-0.2, -0.15) is 0 Å². The van der Waals surface area contributed by atoms with E-state index in [0.717, 1.165) is 12.8 Å². The van der Waals surface area contributed by atoms with Gasteiger partial charge in [0.15, 0.2) is 0 Å². The van der Waals surface area contributed by atoms with Gasteiger partial charge >= 0.3 is 7.12 Å². The number of hydrogen-bond acceptors (Lipinski definition) is 2. The highest BCUT2D eigenvalue weighted by Crippen LogP contribution is 2.39. The zero-order valence-corrected chi connectivity index (χ0v) is 15.1. The molecule has 0 saturated carbocycles. The summed E-state index contributed by atoms with van der Waals surface area (Å²) in [6, 6.07) is 0. The Morgan fingerprint density at radius 3 is 1.90 bits per heavy atom. The van der Waals surface area contributed by atoms with Crippen LogP contribution in [0.1, 0.15) is 92.9 Å². The molecule has 0 unspecified atom stereocenters. The van der Waals surface area contributed by atoms with Gasteiger partial charge in [-0.3, -0.25) is 0 Å². The molecule has 0 aromatic rings. The molecule has 21 heavy (non-hydrogen) atoms. The summed E-state index contributed by atoms with van der Waals surface area (Å²) >= 11 is 0. The van der Waals surface area contributed by atoms with Crippen molar-refractivity contribution >= 4 is 7.12 Å². The van der Waals surface area contributed by atoms with Gasteiger partial charge in [-0.25, -0.2) is 0 Å². The number of hydrogen-bond donors (Lipinski definition) is 0. The van der Waals surface area contributed by atoms with E-state index in [-0.39, 0.29) is 18.3 Å². The van der Waals surface area contributed by atoms with Crippen molar-refractivity contribution in [3.63, 3.8) is 0 Å². The van der Waals surface area contributed by atoms with Crippen LogP contribution in [0.5, 0.6) is 0 Å². The van der Waals surface area contributed by atoms with Crippen LogP contribution in [0.2, 0.25) is 0 Å². The summed E-state index contributed by atoms with van der Waals surface area (Å²) in [5.74, 6) is 0. The van der Waals surface area contributed by atoms with E-state index in [1.807, 2.05) is 0 Å². The summed E-state index contributed by atoms with van der Waals surface area (Å²) in [7, 11) is -0.145. The molecule has 0 aromatic carbocycles. The zero-order chi connectivity index (χ0) is 15.9. The van der Waals surface area contributed by atoms with Gasteiger partial charge in [0.25, 0.3) is 0 Å². The van der Waals surface area contributed by atoms with Gasteiger partial charge in [0.05, 0.1) is 11.2 Å². The first kappa shape index (κ1) is 18.8. The minimum absolute atomic E-state index is 0.145. The lowest BCUT2D eigenvalue weighted by Crippen LogP contribution is -2.41. The molecule has 0 aromatic heterocycles. The van der Waals surface area contributed by atoms with Crippen molar-refractivity contribution < 1.29 is 9.31 Å². The molecule has 1 fully saturated rings. The lowest BCUT2D eigenvalue weighted by molar-refractivity contribution is 0.00578. The first-order chi connectivity index (χ1) is 9.84. The lowest BCUT2D eigenvalue weighted by atomic mass is 9.74. The van der Waals surface area contributed by atoms with E-state index in [4.69, 9.17) is 9.31 Å². The normalized spacial score (nSPS) is 21.0. The van der Waals surface area contributed by atoms with Crippen LogP contribution < -0.4 is 0 Å². The Balaban J connectivity index is 2.68. The van der Waals surface area contributed by atoms with Crippen molar-refractivity contribution in [2.24, 2.45) is 0 Å². The van der Waals surface area contributed by atoms with Crippen LogP contribution in [0.25, 0.3) is 0 Å². The molecule has 1 rings (SSSR count). The zero-order valence-electron chi connectivity index (χ0n) is 15.1. The smallest absolute Gasteiger partial charge is 0.400 e. The first-order valence-corrected chi connectivity index (χ1v) is 8.88. The summed E-state index contributed by atoms with van der Waals surface area (Å²) in [6.07, 6.45) is 12.3. The van der Waals surface area contributed by atoms with E-state index in [1.54, 1.807) is 0 Å². The third-order valence-electron chi connectivity index (χ3n) is 4.84. The standard InChI is InChI=1S/C18H35BO2/c1-7-9-11-13-15-16(14-12-10-8-2)19-20-17(3,4)18(5,6)21-19/h15H,7-14H2,1-6H3. The molecule has 2 nitrogen and oxygen atoms in total. The van der Waals surface area contributed by atoms with Gasteiger partial charge in [-0.05, 0) is 52.4 Å². The van der Waals surface area contributed by atoms with E-state index < -0.39 is 0 Å². The Kier molecular flexibility index (Phi) is 7.49. The summed E-state index contributed by atoms with van der Waals surface area (Å²) in [5.41, 5.74) is 0.897. The van der Waals surface area contributed by atoms with Crippen LogP contribution in [0, 0.1) is 0 Å². The van der Waals surface area contributed by atoms with E-state index in [9.17, 15) is 0 Å². The molecule has 0 aliphatic carbocycles. The molecule has 0 radical (unpaired) electrons. The number of rotatable bonds is 9. The number of allylic oxidation sites excluding steroid dienone is 2. The Morgan fingerprint density at radius 2 is 1.38 bits per heavy atom. The van der Waals surface area contributed by atoms with Gasteiger partial charge in [-0.1, -0.05) is 52.0 Å². The second kappa shape index (κ2) is 8.38. The third kappa shape index (κ3) is 5.45. The van der Waals surface area contributed by atoms with Crippen molar-refractivity contribution in [2.75, 3.05) is 0 Å². The lowest BCUT2D eigenvalue weighted by Gasteiger charge is -2.32. The molecule has 1 aliphatic heterocycles. The Bertz CT molecular complexity index is 318. The molecular weight excluding hydrogens is 259 g/mol. The van der Waals surface area contributed by atoms with E-state index >= 15 is 0 Å². The highest BCUT2D eigenvalue weighted by molar-refractivity contribution is 6.54. The average Bonchev–Trinajstić information content (AvgIpc) is 2.61. The van der Waals surface area contributed by atoms with Crippen LogP contribution in [-0.2, 0) is 9.31 Å². The molecule has 0 amide bonds. The predicted octanol–water partition coefficient (Wildman–Crippen LogP) is 5.70. The molecule has 3 heteroatoms. The molecular formula is C18H35BO2. The van der Waals surface area contributed by atoms with Gasteiger partial charge < -0.3 is 9.31 Å². The summed E-state index contributed by atoms with van der Waals surface area (Å²) in [5, 5.41) is 0. The highest BCUT2D eigenvalue weighted by Gasteiger charge is 2.52. The molecule has 1 heterocycles. The SMILES string of the molecule is CCCCCC=C(CCCCC)B1OC(C)(C)C(C)(C)O1. The van der Waals surface area contributed by atoms with Crippen molar-refractivity contribution in [3.8, 4) is 0 Å². The van der Waals surface area contributed by atoms with Crippen LogP contribution in [0.3, 0.4) is 0 Å². The maximum Gasteiger partial charge on any atom is 0.490 e. The van der Waals surface area contributed by atoms with Crippen LogP contribution in [0.4, 0.5) is 0 Å². The molecule has 122 valence electrons. The van der Waals surface area contributed by atoms with Gasteiger partial charge in [0.1, 0.15) is 0 Å². The fourth-order valence-electron chi connectivity index (χ4n) is 2.57. The maximum atomic E-state index is 6.22. The van der Waals surface area contributed by atoms with E-state index in [0.29, 0.717) is 0 Å². The van der Waals surface area contributed by atoms with Crippen LogP contribution >= 0.6 is 0 Å². The van der Waals surface area contributed by atoms with E-state index in [1.165, 1.54) is 44.0 Å². The monoisotopic (exact) mass is 294 g/mol. The molecule has 1 saturated heterocycles. The largest absolute Gasteiger partial charge is 0.490 e. The average molecular weight is 294 g/mol. The van der Waals surface area contributed by atoms with Crippen molar-refractivity contribution in [1.29, 1.82) is 0 Å². The number of unbranched alkanes of at least 4 members (excludes halogenated alkanes) is 5. The van der Waals surface area contributed by atoms with Gasteiger partial charge in [0.2, 0.25) is 0 Å². The second-order valence-corrected chi connectivity index (χ2v) is 7.32. The quantitative estimate of drug-likeness (QED) is 0.401. The van der Waals surface area contributed by atoms with Crippen LogP contribution in [0.15, 0.2) is 11.5 Å². The minimum Gasteiger partial charge on any atom is -0.400 e. The molecule has 0 spiro atoms. The van der Waals surface area contributed by atoms with Crippen molar-refractivity contribution in [3.05, 3.63) is 11.5 Å². The topological polar surface area (TPSA) is 18.5 Å².